The van der Waals surface area contributed by atoms with Crippen LogP contribution < -0.4 is 9.54 Å². The first kappa shape index (κ1) is 25.6. The molecule has 1 aliphatic heterocycles. The molecule has 2 aromatic carbocycles. The minimum Gasteiger partial charge on any atom is -0.494 e. The van der Waals surface area contributed by atoms with Crippen molar-refractivity contribution >= 4 is 27.0 Å². The summed E-state index contributed by atoms with van der Waals surface area (Å²) in [5.74, 6) is 0.824. The quantitative estimate of drug-likeness (QED) is 0.378. The molecule has 35 heavy (non-hydrogen) atoms. The van der Waals surface area contributed by atoms with Gasteiger partial charge in [0.1, 0.15) is 5.75 Å². The Labute approximate surface area is 211 Å². The van der Waals surface area contributed by atoms with Crippen molar-refractivity contribution in [3.63, 3.8) is 0 Å². The first-order valence-electron chi connectivity index (χ1n) is 12.1. The van der Waals surface area contributed by atoms with E-state index in [1.807, 2.05) is 57.2 Å². The van der Waals surface area contributed by atoms with Gasteiger partial charge in [0.2, 0.25) is 10.0 Å². The van der Waals surface area contributed by atoms with Crippen molar-refractivity contribution in [2.45, 2.75) is 51.2 Å². The molecule has 0 aliphatic carbocycles. The third-order valence-electron chi connectivity index (χ3n) is 6.07. The van der Waals surface area contributed by atoms with Gasteiger partial charge in [-0.2, -0.15) is 4.31 Å². The van der Waals surface area contributed by atoms with Crippen LogP contribution in [-0.4, -0.2) is 49.7 Å². The molecule has 188 valence electrons. The van der Waals surface area contributed by atoms with E-state index in [1.54, 1.807) is 23.5 Å². The van der Waals surface area contributed by atoms with E-state index in [0.29, 0.717) is 31.1 Å². The average molecular weight is 516 g/mol. The van der Waals surface area contributed by atoms with Crippen molar-refractivity contribution in [3.05, 3.63) is 58.7 Å². The predicted octanol–water partition coefficient (Wildman–Crippen LogP) is 5.06. The van der Waals surface area contributed by atoms with E-state index in [1.165, 1.54) is 4.31 Å². The topological polar surface area (TPSA) is 73.1 Å². The Morgan fingerprint density at radius 2 is 1.80 bits per heavy atom. The molecule has 0 amide bonds. The number of thiazole rings is 1. The standard InChI is InChI=1S/C26H33N3O4S2/c1-4-28(5-2)35(30,31)24-15-9-20(10-16-24)25-19-34-26(29(25)18-23-8-7-17-33-23)27-21-11-13-22(14-12-21)32-6-3/h9-16,19,23H,4-8,17-18H2,1-3H3. The highest BCUT2D eigenvalue weighted by molar-refractivity contribution is 7.89. The summed E-state index contributed by atoms with van der Waals surface area (Å²) in [7, 11) is -3.49. The van der Waals surface area contributed by atoms with E-state index in [9.17, 15) is 8.42 Å². The van der Waals surface area contributed by atoms with Crippen LogP contribution >= 0.6 is 11.3 Å². The molecule has 1 atom stereocenters. The van der Waals surface area contributed by atoms with Gasteiger partial charge in [-0.25, -0.2) is 13.4 Å². The zero-order valence-electron chi connectivity index (χ0n) is 20.5. The summed E-state index contributed by atoms with van der Waals surface area (Å²) in [6, 6.07) is 14.9. The largest absolute Gasteiger partial charge is 0.494 e. The number of benzene rings is 2. The van der Waals surface area contributed by atoms with Gasteiger partial charge in [-0.3, -0.25) is 0 Å². The van der Waals surface area contributed by atoms with Gasteiger partial charge in [-0.15, -0.1) is 11.3 Å². The van der Waals surface area contributed by atoms with Crippen LogP contribution in [0, 0.1) is 0 Å². The van der Waals surface area contributed by atoms with Crippen LogP contribution in [0.25, 0.3) is 11.3 Å². The zero-order chi connectivity index (χ0) is 24.8. The fourth-order valence-corrected chi connectivity index (χ4v) is 6.62. The molecule has 0 spiro atoms. The Morgan fingerprint density at radius 1 is 1.09 bits per heavy atom. The highest BCUT2D eigenvalue weighted by atomic mass is 32.2. The maximum atomic E-state index is 12.9. The second-order valence-electron chi connectivity index (χ2n) is 8.30. The third kappa shape index (κ3) is 5.86. The Bertz CT molecular complexity index is 1270. The van der Waals surface area contributed by atoms with E-state index in [0.717, 1.165) is 46.9 Å². The molecule has 3 aromatic rings. The van der Waals surface area contributed by atoms with Crippen LogP contribution in [0.4, 0.5) is 5.69 Å². The zero-order valence-corrected chi connectivity index (χ0v) is 22.1. The number of aromatic nitrogens is 1. The molecule has 1 saturated heterocycles. The number of ether oxygens (including phenoxy) is 2. The minimum atomic E-state index is -3.49. The second-order valence-corrected chi connectivity index (χ2v) is 11.1. The highest BCUT2D eigenvalue weighted by Gasteiger charge is 2.22. The number of hydrogen-bond acceptors (Lipinski definition) is 6. The van der Waals surface area contributed by atoms with Gasteiger partial charge in [0.25, 0.3) is 0 Å². The van der Waals surface area contributed by atoms with Crippen molar-refractivity contribution in [1.82, 2.24) is 8.87 Å². The molecule has 4 rings (SSSR count). The van der Waals surface area contributed by atoms with Crippen LogP contribution in [-0.2, 0) is 21.3 Å². The van der Waals surface area contributed by atoms with Crippen molar-refractivity contribution in [2.75, 3.05) is 26.3 Å². The summed E-state index contributed by atoms with van der Waals surface area (Å²) in [4.78, 5) is 6.09. The van der Waals surface area contributed by atoms with Gasteiger partial charge in [0.15, 0.2) is 4.80 Å². The van der Waals surface area contributed by atoms with Crippen molar-refractivity contribution < 1.29 is 17.9 Å². The Kier molecular flexibility index (Phi) is 8.43. The molecule has 7 nitrogen and oxygen atoms in total. The summed E-state index contributed by atoms with van der Waals surface area (Å²) in [5.41, 5.74) is 2.80. The maximum absolute atomic E-state index is 12.9. The van der Waals surface area contributed by atoms with Gasteiger partial charge in [0, 0.05) is 25.1 Å². The minimum absolute atomic E-state index is 0.143. The van der Waals surface area contributed by atoms with Crippen molar-refractivity contribution in [3.8, 4) is 17.0 Å². The molecule has 2 heterocycles. The lowest BCUT2D eigenvalue weighted by Gasteiger charge is -2.18. The lowest BCUT2D eigenvalue weighted by Crippen LogP contribution is -2.30. The molecule has 1 fully saturated rings. The molecule has 0 bridgehead atoms. The SMILES string of the molecule is CCOc1ccc(N=c2scc(-c3ccc(S(=O)(=O)N(CC)CC)cc3)n2CC2CCCO2)cc1. The molecular formula is C26H33N3O4S2. The summed E-state index contributed by atoms with van der Waals surface area (Å²) < 4.78 is 40.9. The lowest BCUT2D eigenvalue weighted by molar-refractivity contribution is 0.0968. The van der Waals surface area contributed by atoms with Crippen LogP contribution in [0.1, 0.15) is 33.6 Å². The van der Waals surface area contributed by atoms with Crippen LogP contribution in [0.2, 0.25) is 0 Å². The molecule has 9 heteroatoms. The van der Waals surface area contributed by atoms with Crippen molar-refractivity contribution in [2.24, 2.45) is 4.99 Å². The van der Waals surface area contributed by atoms with Crippen LogP contribution in [0.5, 0.6) is 5.75 Å². The monoisotopic (exact) mass is 515 g/mol. The Balaban J connectivity index is 1.70. The van der Waals surface area contributed by atoms with E-state index in [4.69, 9.17) is 14.5 Å². The molecular weight excluding hydrogens is 482 g/mol. The molecule has 0 radical (unpaired) electrons. The second kappa shape index (κ2) is 11.5. The van der Waals surface area contributed by atoms with E-state index >= 15 is 0 Å². The number of hydrogen-bond donors (Lipinski definition) is 0. The Morgan fingerprint density at radius 3 is 2.40 bits per heavy atom. The van der Waals surface area contributed by atoms with E-state index < -0.39 is 10.0 Å². The maximum Gasteiger partial charge on any atom is 0.243 e. The third-order valence-corrected chi connectivity index (χ3v) is 9.00. The molecule has 1 aromatic heterocycles. The van der Waals surface area contributed by atoms with Crippen LogP contribution in [0.3, 0.4) is 0 Å². The molecule has 1 unspecified atom stereocenters. The van der Waals surface area contributed by atoms with E-state index in [-0.39, 0.29) is 6.10 Å². The van der Waals surface area contributed by atoms with Gasteiger partial charge in [-0.1, -0.05) is 26.0 Å². The first-order chi connectivity index (χ1) is 17.0. The average Bonchev–Trinajstić information content (AvgIpc) is 3.52. The van der Waals surface area contributed by atoms with Gasteiger partial charge >= 0.3 is 0 Å². The van der Waals surface area contributed by atoms with Gasteiger partial charge < -0.3 is 14.0 Å². The molecule has 1 aliphatic rings. The number of nitrogens with zero attached hydrogens (tertiary/aromatic N) is 3. The van der Waals surface area contributed by atoms with Crippen molar-refractivity contribution in [1.29, 1.82) is 0 Å². The fourth-order valence-electron chi connectivity index (χ4n) is 4.22. The fraction of sp³-hybridized carbons (Fsp3) is 0.423. The summed E-state index contributed by atoms with van der Waals surface area (Å²) >= 11 is 1.57. The Hall–Kier alpha value is -2.46. The van der Waals surface area contributed by atoms with E-state index in [2.05, 4.69) is 9.95 Å². The highest BCUT2D eigenvalue weighted by Crippen LogP contribution is 2.26. The first-order valence-corrected chi connectivity index (χ1v) is 14.5. The number of sulfonamides is 1. The van der Waals surface area contributed by atoms with Gasteiger partial charge in [-0.05, 0) is 61.7 Å². The lowest BCUT2D eigenvalue weighted by atomic mass is 10.1. The normalized spacial score (nSPS) is 16.8. The summed E-state index contributed by atoms with van der Waals surface area (Å²) in [5, 5.41) is 2.08. The summed E-state index contributed by atoms with van der Waals surface area (Å²) in [6.45, 7) is 8.68. The molecule has 0 N–H and O–H groups in total. The predicted molar refractivity (Wildman–Crippen MR) is 140 cm³/mol. The van der Waals surface area contributed by atoms with Crippen LogP contribution in [0.15, 0.2) is 63.8 Å². The molecule has 0 saturated carbocycles. The summed E-state index contributed by atoms with van der Waals surface area (Å²) in [6.07, 6.45) is 2.23. The number of rotatable bonds is 10. The smallest absolute Gasteiger partial charge is 0.243 e. The van der Waals surface area contributed by atoms with Gasteiger partial charge in [0.05, 0.1) is 35.5 Å².